The molecule has 0 aliphatic rings. The zero-order valence-corrected chi connectivity index (χ0v) is 12.9. The summed E-state index contributed by atoms with van der Waals surface area (Å²) < 4.78 is 0. The van der Waals surface area contributed by atoms with E-state index in [0.29, 0.717) is 0 Å². The molecule has 1 atom stereocenters. The Morgan fingerprint density at radius 1 is 1.23 bits per heavy atom. The van der Waals surface area contributed by atoms with Gasteiger partial charge in [-0.25, -0.2) is 0 Å². The number of benzene rings is 2. The molecule has 0 aliphatic carbocycles. The Bertz CT molecular complexity index is 704. The second-order valence-corrected chi connectivity index (χ2v) is 5.33. The summed E-state index contributed by atoms with van der Waals surface area (Å²) in [5.41, 5.74) is 1.11. The van der Waals surface area contributed by atoms with Gasteiger partial charge in [-0.2, -0.15) is 0 Å². The first-order chi connectivity index (χ1) is 10.4. The highest BCUT2D eigenvalue weighted by atomic mass is 35.5. The number of rotatable bonds is 4. The molecule has 0 aliphatic heterocycles. The number of carbonyl (C=O) groups excluding carboxylic acids is 1. The van der Waals surface area contributed by atoms with Crippen LogP contribution in [0.5, 0.6) is 0 Å². The molecule has 0 radical (unpaired) electrons. The summed E-state index contributed by atoms with van der Waals surface area (Å²) in [5.74, 6) is -0.281. The van der Waals surface area contributed by atoms with E-state index in [1.54, 1.807) is 11.9 Å². The maximum Gasteiger partial charge on any atom is 0.270 e. The lowest BCUT2D eigenvalue weighted by Gasteiger charge is -2.25. The fraction of sp³-hybridized carbons (Fsp3) is 0.188. The van der Waals surface area contributed by atoms with E-state index in [-0.39, 0.29) is 28.2 Å². The van der Waals surface area contributed by atoms with Crippen LogP contribution in [-0.2, 0) is 0 Å². The lowest BCUT2D eigenvalue weighted by Crippen LogP contribution is -2.29. The molecule has 2 aromatic rings. The minimum Gasteiger partial charge on any atom is -0.335 e. The van der Waals surface area contributed by atoms with Crippen molar-refractivity contribution in [3.05, 3.63) is 74.8 Å². The van der Waals surface area contributed by atoms with Crippen LogP contribution in [0.15, 0.2) is 48.5 Å². The maximum absolute atomic E-state index is 12.5. The molecule has 22 heavy (non-hydrogen) atoms. The Labute approximate surface area is 133 Å². The van der Waals surface area contributed by atoms with Crippen molar-refractivity contribution in [3.63, 3.8) is 0 Å². The molecule has 0 aromatic heterocycles. The van der Waals surface area contributed by atoms with Gasteiger partial charge in [-0.15, -0.1) is 0 Å². The van der Waals surface area contributed by atoms with E-state index >= 15 is 0 Å². The third kappa shape index (κ3) is 3.26. The van der Waals surface area contributed by atoms with E-state index in [4.69, 9.17) is 11.6 Å². The van der Waals surface area contributed by atoms with Crippen LogP contribution in [0.3, 0.4) is 0 Å². The van der Waals surface area contributed by atoms with Crippen molar-refractivity contribution in [1.29, 1.82) is 0 Å². The van der Waals surface area contributed by atoms with Crippen LogP contribution < -0.4 is 0 Å². The number of nitrogens with zero attached hydrogens (tertiary/aromatic N) is 2. The quantitative estimate of drug-likeness (QED) is 0.630. The Balaban J connectivity index is 2.26. The van der Waals surface area contributed by atoms with E-state index < -0.39 is 4.92 Å². The topological polar surface area (TPSA) is 63.5 Å². The lowest BCUT2D eigenvalue weighted by atomic mass is 10.1. The van der Waals surface area contributed by atoms with Gasteiger partial charge in [0.1, 0.15) is 0 Å². The Morgan fingerprint density at radius 2 is 1.86 bits per heavy atom. The normalized spacial score (nSPS) is 11.8. The van der Waals surface area contributed by atoms with Crippen molar-refractivity contribution in [2.24, 2.45) is 0 Å². The highest BCUT2D eigenvalue weighted by molar-refractivity contribution is 6.34. The fourth-order valence-electron chi connectivity index (χ4n) is 2.11. The van der Waals surface area contributed by atoms with Crippen molar-refractivity contribution in [3.8, 4) is 0 Å². The predicted molar refractivity (Wildman–Crippen MR) is 85.1 cm³/mol. The van der Waals surface area contributed by atoms with Crippen LogP contribution in [-0.4, -0.2) is 22.8 Å². The van der Waals surface area contributed by atoms with Crippen LogP contribution in [0, 0.1) is 10.1 Å². The average Bonchev–Trinajstić information content (AvgIpc) is 2.53. The van der Waals surface area contributed by atoms with E-state index in [1.807, 2.05) is 37.3 Å². The summed E-state index contributed by atoms with van der Waals surface area (Å²) in [6.45, 7) is 1.91. The van der Waals surface area contributed by atoms with Crippen molar-refractivity contribution in [2.75, 3.05) is 7.05 Å². The van der Waals surface area contributed by atoms with E-state index in [2.05, 4.69) is 0 Å². The van der Waals surface area contributed by atoms with Gasteiger partial charge in [0.25, 0.3) is 11.6 Å². The molecule has 0 unspecified atom stereocenters. The lowest BCUT2D eigenvalue weighted by molar-refractivity contribution is -0.384. The Hall–Kier alpha value is -2.40. The van der Waals surface area contributed by atoms with Gasteiger partial charge in [0.15, 0.2) is 0 Å². The molecular formula is C16H15ClN2O3. The zero-order chi connectivity index (χ0) is 16.3. The van der Waals surface area contributed by atoms with Crippen LogP contribution in [0.4, 0.5) is 5.69 Å². The summed E-state index contributed by atoms with van der Waals surface area (Å²) in [6.07, 6.45) is 0. The molecule has 114 valence electrons. The smallest absolute Gasteiger partial charge is 0.270 e. The summed E-state index contributed by atoms with van der Waals surface area (Å²) in [6, 6.07) is 13.3. The van der Waals surface area contributed by atoms with Gasteiger partial charge in [0.05, 0.1) is 21.6 Å². The van der Waals surface area contributed by atoms with E-state index in [9.17, 15) is 14.9 Å². The SMILES string of the molecule is C[C@H](c1ccccc1)N(C)C(=O)c1ccc([N+](=O)[O-])cc1Cl. The molecular weight excluding hydrogens is 304 g/mol. The molecule has 0 bridgehead atoms. The zero-order valence-electron chi connectivity index (χ0n) is 12.2. The highest BCUT2D eigenvalue weighted by Gasteiger charge is 2.22. The van der Waals surface area contributed by atoms with Gasteiger partial charge >= 0.3 is 0 Å². The second kappa shape index (κ2) is 6.58. The summed E-state index contributed by atoms with van der Waals surface area (Å²) in [7, 11) is 1.68. The fourth-order valence-corrected chi connectivity index (χ4v) is 2.37. The van der Waals surface area contributed by atoms with Crippen molar-refractivity contribution in [2.45, 2.75) is 13.0 Å². The van der Waals surface area contributed by atoms with Gasteiger partial charge < -0.3 is 4.90 Å². The molecule has 0 heterocycles. The number of nitro groups is 1. The number of halogens is 1. The van der Waals surface area contributed by atoms with Crippen molar-refractivity contribution in [1.82, 2.24) is 4.90 Å². The third-order valence-electron chi connectivity index (χ3n) is 3.58. The number of hydrogen-bond donors (Lipinski definition) is 0. The standard InChI is InChI=1S/C16H15ClN2O3/c1-11(12-6-4-3-5-7-12)18(2)16(20)14-9-8-13(19(21)22)10-15(14)17/h3-11H,1-2H3/t11-/m1/s1. The number of amides is 1. The largest absolute Gasteiger partial charge is 0.335 e. The molecule has 1 amide bonds. The van der Waals surface area contributed by atoms with Gasteiger partial charge in [-0.3, -0.25) is 14.9 Å². The molecule has 0 saturated carbocycles. The van der Waals surface area contributed by atoms with Gasteiger partial charge in [0, 0.05) is 19.2 Å². The highest BCUT2D eigenvalue weighted by Crippen LogP contribution is 2.26. The van der Waals surface area contributed by atoms with E-state index in [1.165, 1.54) is 18.2 Å². The first kappa shape index (κ1) is 16.0. The minimum absolute atomic E-state index is 0.0753. The summed E-state index contributed by atoms with van der Waals surface area (Å²) in [5, 5.41) is 10.8. The minimum atomic E-state index is -0.545. The molecule has 0 fully saturated rings. The first-order valence-corrected chi connectivity index (χ1v) is 7.05. The number of nitro benzene ring substituents is 1. The van der Waals surface area contributed by atoms with Gasteiger partial charge in [-0.1, -0.05) is 41.9 Å². The van der Waals surface area contributed by atoms with Gasteiger partial charge in [-0.05, 0) is 18.6 Å². The van der Waals surface area contributed by atoms with Gasteiger partial charge in [0.2, 0.25) is 0 Å². The number of carbonyl (C=O) groups is 1. The van der Waals surface area contributed by atoms with Crippen LogP contribution >= 0.6 is 11.6 Å². The Morgan fingerprint density at radius 3 is 2.41 bits per heavy atom. The van der Waals surface area contributed by atoms with Crippen LogP contribution in [0.25, 0.3) is 0 Å². The molecule has 2 rings (SSSR count). The first-order valence-electron chi connectivity index (χ1n) is 6.68. The molecule has 0 N–H and O–H groups in total. The molecule has 0 saturated heterocycles. The molecule has 2 aromatic carbocycles. The van der Waals surface area contributed by atoms with Crippen LogP contribution in [0.2, 0.25) is 5.02 Å². The predicted octanol–water partition coefficient (Wildman–Crippen LogP) is 4.08. The monoisotopic (exact) mass is 318 g/mol. The summed E-state index contributed by atoms with van der Waals surface area (Å²) in [4.78, 5) is 24.3. The second-order valence-electron chi connectivity index (χ2n) is 4.92. The molecule has 5 nitrogen and oxygen atoms in total. The molecule has 6 heteroatoms. The Kier molecular flexibility index (Phi) is 4.78. The van der Waals surface area contributed by atoms with Crippen molar-refractivity contribution >= 4 is 23.2 Å². The average molecular weight is 319 g/mol. The maximum atomic E-state index is 12.5. The van der Waals surface area contributed by atoms with E-state index in [0.717, 1.165) is 5.56 Å². The van der Waals surface area contributed by atoms with Crippen LogP contribution in [0.1, 0.15) is 28.9 Å². The van der Waals surface area contributed by atoms with Crippen molar-refractivity contribution < 1.29 is 9.72 Å². The summed E-state index contributed by atoms with van der Waals surface area (Å²) >= 11 is 6.01. The third-order valence-corrected chi connectivity index (χ3v) is 3.89. The number of non-ortho nitro benzene ring substituents is 1. The number of hydrogen-bond acceptors (Lipinski definition) is 3. The molecule has 0 spiro atoms.